The van der Waals surface area contributed by atoms with Gasteiger partial charge in [-0.1, -0.05) is 6.07 Å². The van der Waals surface area contributed by atoms with Gasteiger partial charge in [0.2, 0.25) is 0 Å². The largest absolute Gasteiger partial charge is 0.382 e. The Bertz CT molecular complexity index is 428. The summed E-state index contributed by atoms with van der Waals surface area (Å²) in [6.07, 6.45) is 0. The molecule has 0 bridgehead atoms. The lowest BCUT2D eigenvalue weighted by atomic mass is 10.2. The van der Waals surface area contributed by atoms with E-state index >= 15 is 0 Å². The van der Waals surface area contributed by atoms with Crippen LogP contribution in [0.3, 0.4) is 0 Å². The smallest absolute Gasteiger partial charge is 0.294 e. The van der Waals surface area contributed by atoms with Crippen molar-refractivity contribution in [1.82, 2.24) is 0 Å². The third-order valence-electron chi connectivity index (χ3n) is 2.49. The van der Waals surface area contributed by atoms with Crippen LogP contribution in [-0.2, 0) is 20.8 Å². The maximum Gasteiger partial charge on any atom is 0.294 e. The van der Waals surface area contributed by atoms with Crippen molar-refractivity contribution in [3.63, 3.8) is 0 Å². The van der Waals surface area contributed by atoms with E-state index in [1.54, 1.807) is 19.2 Å². The molecule has 3 N–H and O–H groups in total. The van der Waals surface area contributed by atoms with Gasteiger partial charge in [0, 0.05) is 13.2 Å². The molecule has 0 saturated heterocycles. The molecule has 0 spiro atoms. The van der Waals surface area contributed by atoms with E-state index < -0.39 is 4.92 Å². The second-order valence-corrected chi connectivity index (χ2v) is 3.91. The van der Waals surface area contributed by atoms with Crippen molar-refractivity contribution in [2.75, 3.05) is 39.0 Å². The van der Waals surface area contributed by atoms with Crippen molar-refractivity contribution in [2.45, 2.75) is 6.61 Å². The van der Waals surface area contributed by atoms with Crippen LogP contribution in [0.5, 0.6) is 0 Å². The van der Waals surface area contributed by atoms with Crippen LogP contribution in [0.1, 0.15) is 5.56 Å². The second kappa shape index (κ2) is 9.21. The number of nitro benzene ring substituents is 1. The van der Waals surface area contributed by atoms with Crippen LogP contribution in [0.25, 0.3) is 0 Å². The molecule has 0 heterocycles. The fraction of sp³-hybridized carbons (Fsp3) is 0.500. The molecule has 0 aliphatic heterocycles. The van der Waals surface area contributed by atoms with Gasteiger partial charge in [0.1, 0.15) is 5.69 Å². The molecule has 0 amide bonds. The first kappa shape index (κ1) is 16.3. The number of nitro groups is 1. The highest BCUT2D eigenvalue weighted by Crippen LogP contribution is 2.24. The van der Waals surface area contributed by atoms with Gasteiger partial charge in [-0.2, -0.15) is 0 Å². The Hall–Kier alpha value is -1.74. The molecular weight excluding hydrogens is 266 g/mol. The first-order valence-corrected chi connectivity index (χ1v) is 6.07. The standard InChI is InChI=1S/C12H19N3O5/c1-18-4-5-19-6-7-20-9-10-2-3-11(14-13)12(8-10)15(16)17/h2-3,8,14H,4-7,9,13H2,1H3. The summed E-state index contributed by atoms with van der Waals surface area (Å²) in [6, 6.07) is 4.70. The number of hydrogen-bond donors (Lipinski definition) is 2. The number of rotatable bonds is 10. The van der Waals surface area contributed by atoms with Crippen LogP contribution in [0, 0.1) is 10.1 Å². The molecule has 0 fully saturated rings. The fourth-order valence-corrected chi connectivity index (χ4v) is 1.49. The highest BCUT2D eigenvalue weighted by molar-refractivity contribution is 5.61. The van der Waals surface area contributed by atoms with Crippen molar-refractivity contribution in [3.05, 3.63) is 33.9 Å². The number of nitrogen functional groups attached to an aromatic ring is 1. The molecule has 1 aromatic carbocycles. The highest BCUT2D eigenvalue weighted by atomic mass is 16.6. The Kier molecular flexibility index (Phi) is 7.51. The summed E-state index contributed by atoms with van der Waals surface area (Å²) in [5.74, 6) is 5.21. The van der Waals surface area contributed by atoms with Crippen LogP contribution in [0.2, 0.25) is 0 Å². The zero-order valence-corrected chi connectivity index (χ0v) is 11.3. The van der Waals surface area contributed by atoms with Crippen molar-refractivity contribution >= 4 is 11.4 Å². The maximum atomic E-state index is 10.8. The molecule has 8 heteroatoms. The molecule has 8 nitrogen and oxygen atoms in total. The summed E-state index contributed by atoms with van der Waals surface area (Å²) in [7, 11) is 1.60. The average molecular weight is 285 g/mol. The normalized spacial score (nSPS) is 10.5. The Morgan fingerprint density at radius 1 is 1.25 bits per heavy atom. The van der Waals surface area contributed by atoms with E-state index in [0.717, 1.165) is 0 Å². The van der Waals surface area contributed by atoms with E-state index in [4.69, 9.17) is 20.1 Å². The fourth-order valence-electron chi connectivity index (χ4n) is 1.49. The number of nitrogens with two attached hydrogens (primary N) is 1. The van der Waals surface area contributed by atoms with Crippen LogP contribution in [0.4, 0.5) is 11.4 Å². The Morgan fingerprint density at radius 2 is 1.95 bits per heavy atom. The van der Waals surface area contributed by atoms with Crippen LogP contribution in [-0.4, -0.2) is 38.5 Å². The maximum absolute atomic E-state index is 10.8. The molecule has 0 radical (unpaired) electrons. The summed E-state index contributed by atoms with van der Waals surface area (Å²) < 4.78 is 15.4. The third-order valence-corrected chi connectivity index (χ3v) is 2.49. The number of methoxy groups -OCH3 is 1. The van der Waals surface area contributed by atoms with Crippen molar-refractivity contribution < 1.29 is 19.1 Å². The highest BCUT2D eigenvalue weighted by Gasteiger charge is 2.13. The van der Waals surface area contributed by atoms with Crippen LogP contribution in [0.15, 0.2) is 18.2 Å². The Morgan fingerprint density at radius 3 is 2.60 bits per heavy atom. The van der Waals surface area contributed by atoms with Gasteiger partial charge in [0.05, 0.1) is 38.0 Å². The quantitative estimate of drug-likeness (QED) is 0.286. The van der Waals surface area contributed by atoms with Gasteiger partial charge in [0.25, 0.3) is 5.69 Å². The SMILES string of the molecule is COCCOCCOCc1ccc(NN)c([N+](=O)[O-])c1. The number of benzene rings is 1. The number of hydrazine groups is 1. The predicted octanol–water partition coefficient (Wildman–Crippen LogP) is 1.06. The summed E-state index contributed by atoms with van der Waals surface area (Å²) in [4.78, 5) is 10.4. The Labute approximate surface area is 116 Å². The number of nitrogens with zero attached hydrogens (tertiary/aromatic N) is 1. The van der Waals surface area contributed by atoms with Gasteiger partial charge >= 0.3 is 0 Å². The summed E-state index contributed by atoms with van der Waals surface area (Å²) in [5.41, 5.74) is 3.17. The van der Waals surface area contributed by atoms with Gasteiger partial charge in [-0.05, 0) is 11.6 Å². The van der Waals surface area contributed by atoms with Crippen molar-refractivity contribution in [3.8, 4) is 0 Å². The zero-order valence-electron chi connectivity index (χ0n) is 11.3. The van der Waals surface area contributed by atoms with E-state index in [9.17, 15) is 10.1 Å². The van der Waals surface area contributed by atoms with E-state index in [-0.39, 0.29) is 18.0 Å². The third kappa shape index (κ3) is 5.49. The summed E-state index contributed by atoms with van der Waals surface area (Å²) in [5, 5.41) is 10.8. The minimum absolute atomic E-state index is 0.0788. The van der Waals surface area contributed by atoms with Crippen molar-refractivity contribution in [2.24, 2.45) is 5.84 Å². The van der Waals surface area contributed by atoms with Gasteiger partial charge in [-0.3, -0.25) is 16.0 Å². The molecule has 0 aromatic heterocycles. The summed E-state index contributed by atoms with van der Waals surface area (Å²) >= 11 is 0. The summed E-state index contributed by atoms with van der Waals surface area (Å²) in [6.45, 7) is 2.20. The molecule has 0 aliphatic carbocycles. The van der Waals surface area contributed by atoms with E-state index in [1.165, 1.54) is 6.07 Å². The zero-order chi connectivity index (χ0) is 14.8. The lowest BCUT2D eigenvalue weighted by Gasteiger charge is -2.07. The first-order valence-electron chi connectivity index (χ1n) is 6.07. The first-order chi connectivity index (χ1) is 9.69. The van der Waals surface area contributed by atoms with Crippen LogP contribution < -0.4 is 11.3 Å². The molecule has 0 aliphatic rings. The molecule has 20 heavy (non-hydrogen) atoms. The number of nitrogens with one attached hydrogen (secondary N) is 1. The number of ether oxygens (including phenoxy) is 3. The van der Waals surface area contributed by atoms with E-state index in [2.05, 4.69) is 5.43 Å². The molecule has 0 saturated carbocycles. The molecule has 1 aromatic rings. The number of hydrogen-bond acceptors (Lipinski definition) is 7. The minimum atomic E-state index is -0.493. The van der Waals surface area contributed by atoms with E-state index in [0.29, 0.717) is 32.0 Å². The molecule has 0 unspecified atom stereocenters. The molecule has 112 valence electrons. The second-order valence-electron chi connectivity index (χ2n) is 3.91. The van der Waals surface area contributed by atoms with Crippen LogP contribution >= 0.6 is 0 Å². The lowest BCUT2D eigenvalue weighted by molar-refractivity contribution is -0.384. The lowest BCUT2D eigenvalue weighted by Crippen LogP contribution is -2.10. The molecular formula is C12H19N3O5. The van der Waals surface area contributed by atoms with Crippen molar-refractivity contribution in [1.29, 1.82) is 0 Å². The minimum Gasteiger partial charge on any atom is -0.382 e. The predicted molar refractivity (Wildman–Crippen MR) is 73.3 cm³/mol. The number of anilines is 1. The van der Waals surface area contributed by atoms with Gasteiger partial charge in [-0.25, -0.2) is 0 Å². The van der Waals surface area contributed by atoms with E-state index in [1.807, 2.05) is 0 Å². The molecule has 0 atom stereocenters. The Balaban J connectivity index is 2.37. The topological polar surface area (TPSA) is 109 Å². The van der Waals surface area contributed by atoms with Gasteiger partial charge in [0.15, 0.2) is 0 Å². The average Bonchev–Trinajstić information content (AvgIpc) is 2.46. The molecule has 1 rings (SSSR count). The van der Waals surface area contributed by atoms with Gasteiger partial charge < -0.3 is 19.6 Å². The van der Waals surface area contributed by atoms with Gasteiger partial charge in [-0.15, -0.1) is 0 Å². The monoisotopic (exact) mass is 285 g/mol.